The Morgan fingerprint density at radius 1 is 0.831 bits per heavy atom. The van der Waals surface area contributed by atoms with Gasteiger partial charge < -0.3 is 29.1 Å². The molecule has 9 unspecified atom stereocenters. The average Bonchev–Trinajstić information content (AvgIpc) is 4.05. The number of methoxy groups -OCH3 is 2. The van der Waals surface area contributed by atoms with Crippen LogP contribution in [0.25, 0.3) is 0 Å². The normalized spacial score (nSPS) is 17.4. The van der Waals surface area contributed by atoms with Gasteiger partial charge in [-0.1, -0.05) is 114 Å². The molecule has 0 saturated carbocycles. The van der Waals surface area contributed by atoms with Crippen LogP contribution in [-0.2, 0) is 39.9 Å². The molecule has 0 aliphatic carbocycles. The molecule has 0 spiro atoms. The number of carbonyl (C=O) groups excluding carboxylic acids is 6. The first-order chi connectivity index (χ1) is 33.7. The smallest absolute Gasteiger partial charge is 0.226 e. The lowest BCUT2D eigenvalue weighted by Crippen LogP contribution is -2.54. The van der Waals surface area contributed by atoms with Crippen molar-refractivity contribution in [2.45, 2.75) is 156 Å². The van der Waals surface area contributed by atoms with Crippen molar-refractivity contribution in [3.8, 4) is 0 Å². The van der Waals surface area contributed by atoms with Gasteiger partial charge in [0.1, 0.15) is 17.3 Å². The molecule has 9 atom stereocenters. The van der Waals surface area contributed by atoms with Gasteiger partial charge in [-0.2, -0.15) is 0 Å². The number of carbonyl (C=O) groups is 6. The Balaban J connectivity index is 1.71. The van der Waals surface area contributed by atoms with Crippen LogP contribution in [0.4, 0.5) is 0 Å². The second kappa shape index (κ2) is 31.6. The Bertz CT molecular complexity index is 1970. The first-order valence-electron chi connectivity index (χ1n) is 26.0. The van der Waals surface area contributed by atoms with Crippen LogP contribution >= 0.6 is 32.9 Å². The molecule has 1 fully saturated rings. The lowest BCUT2D eigenvalue weighted by Gasteiger charge is -2.41. The Morgan fingerprint density at radius 3 is 2.11 bits per heavy atom. The van der Waals surface area contributed by atoms with Crippen LogP contribution in [0.2, 0.25) is 0 Å². The maximum Gasteiger partial charge on any atom is 0.226 e. The van der Waals surface area contributed by atoms with Crippen molar-refractivity contribution >= 4 is 68.0 Å². The fourth-order valence-corrected chi connectivity index (χ4v) is 12.7. The van der Waals surface area contributed by atoms with E-state index >= 15 is 0 Å². The molecule has 3 amide bonds. The fraction of sp³-hybridized carbons (Fsp3) is 0.727. The molecule has 0 radical (unpaired) electrons. The molecule has 0 bridgehead atoms. The number of likely N-dealkylation sites (N-methyl/N-ethyl adjacent to an activating group) is 1. The highest BCUT2D eigenvalue weighted by molar-refractivity contribution is 8.76. The second-order valence-electron chi connectivity index (χ2n) is 20.9. The molecule has 2 heterocycles. The first kappa shape index (κ1) is 62.1. The largest absolute Gasteiger partial charge is 0.379 e. The van der Waals surface area contributed by atoms with E-state index in [0.29, 0.717) is 50.2 Å². The highest BCUT2D eigenvalue weighted by Gasteiger charge is 2.43. The number of ketones is 3. The molecule has 0 N–H and O–H groups in total. The minimum atomic E-state index is -0.601. The third kappa shape index (κ3) is 19.2. The van der Waals surface area contributed by atoms with Gasteiger partial charge in [0.15, 0.2) is 5.78 Å². The van der Waals surface area contributed by atoms with E-state index in [1.165, 1.54) is 11.3 Å². The van der Waals surface area contributed by atoms with Crippen LogP contribution in [0.1, 0.15) is 147 Å². The average molecular weight is 1040 g/mol. The molecule has 1 saturated heterocycles. The third-order valence-corrected chi connectivity index (χ3v) is 18.2. The maximum absolute atomic E-state index is 14.5. The third-order valence-electron chi connectivity index (χ3n) is 14.7. The van der Waals surface area contributed by atoms with Gasteiger partial charge in [0.05, 0.1) is 41.6 Å². The van der Waals surface area contributed by atoms with Crippen molar-refractivity contribution in [3.63, 3.8) is 0 Å². The summed E-state index contributed by atoms with van der Waals surface area (Å²) < 4.78 is 12.3. The van der Waals surface area contributed by atoms with Crippen molar-refractivity contribution in [2.75, 3.05) is 67.1 Å². The van der Waals surface area contributed by atoms with Crippen LogP contribution in [-0.4, -0.2) is 151 Å². The van der Waals surface area contributed by atoms with Crippen molar-refractivity contribution < 1.29 is 38.2 Å². The Labute approximate surface area is 439 Å². The van der Waals surface area contributed by atoms with Crippen molar-refractivity contribution in [3.05, 3.63) is 52.0 Å². The summed E-state index contributed by atoms with van der Waals surface area (Å²) in [6.07, 6.45) is 4.45. The molecule has 1 aromatic carbocycles. The standard InChI is InChI=1S/C55H89N5O8S3/c1-15-38(6)52(59(12)55(66)43(37(4)5)32-48(63)39(7)36(2)3)49(67-13)33-51(65)60-28-19-24-45(60)53(68-14)40(8)47(62)31-42(30-41-22-17-16-18-23-41)54-56-44(34-69-54)46(61)25-21-29-70-71-35-58(11)50(64)26-20-27-57(9)10/h16-18,22-23,34,36-40,42-43,45,49,52-53H,15,19-21,24-33,35H2,1-14H3. The van der Waals surface area contributed by atoms with E-state index in [1.807, 2.05) is 103 Å². The summed E-state index contributed by atoms with van der Waals surface area (Å²) in [5, 5.41) is 2.56. The zero-order valence-corrected chi connectivity index (χ0v) is 48.1. The molecule has 1 aliphatic heterocycles. The van der Waals surface area contributed by atoms with Gasteiger partial charge in [0, 0.05) is 95.3 Å². The summed E-state index contributed by atoms with van der Waals surface area (Å²) in [4.78, 5) is 94.7. The highest BCUT2D eigenvalue weighted by Crippen LogP contribution is 2.35. The van der Waals surface area contributed by atoms with Gasteiger partial charge in [0.25, 0.3) is 0 Å². The molecule has 71 heavy (non-hydrogen) atoms. The summed E-state index contributed by atoms with van der Waals surface area (Å²) >= 11 is 1.42. The number of aromatic nitrogens is 1. The van der Waals surface area contributed by atoms with E-state index < -0.39 is 30.1 Å². The van der Waals surface area contributed by atoms with Crippen molar-refractivity contribution in [1.29, 1.82) is 0 Å². The number of rotatable bonds is 34. The Kier molecular flexibility index (Phi) is 27.6. The molecule has 16 heteroatoms. The van der Waals surface area contributed by atoms with Crippen LogP contribution in [0.5, 0.6) is 0 Å². The van der Waals surface area contributed by atoms with Crippen LogP contribution in [0.15, 0.2) is 35.7 Å². The van der Waals surface area contributed by atoms with Gasteiger partial charge in [-0.05, 0) is 76.1 Å². The Hall–Kier alpha value is -3.15. The second-order valence-corrected chi connectivity index (χ2v) is 24.3. The summed E-state index contributed by atoms with van der Waals surface area (Å²) in [5.41, 5.74) is 1.49. The number of thiazole rings is 1. The zero-order chi connectivity index (χ0) is 52.9. The number of ether oxygens (including phenoxy) is 2. The molecular formula is C55H89N5O8S3. The van der Waals surface area contributed by atoms with E-state index in [0.717, 1.165) is 42.1 Å². The number of hydrogen-bond acceptors (Lipinski definition) is 13. The number of likely N-dealkylation sites (tertiary alicyclic amines) is 1. The van der Waals surface area contributed by atoms with Crippen LogP contribution in [0.3, 0.4) is 0 Å². The molecule has 1 aromatic heterocycles. The SMILES string of the molecule is CCC(C)C(C(CC(=O)N1CCCC1C(OC)C(C)C(=O)CC(Cc1ccccc1)c1nc(C(=O)CCCSSCN(C)C(=O)CCCN(C)C)cs1)OC)N(C)C(=O)C(CC(=O)C(C)C(C)C)C(C)C. The number of Topliss-reactive ketones (excluding diaryl/α,β-unsaturated/α-hetero) is 3. The van der Waals surface area contributed by atoms with Gasteiger partial charge in [-0.3, -0.25) is 28.8 Å². The van der Waals surface area contributed by atoms with E-state index in [-0.39, 0.29) is 90.0 Å². The summed E-state index contributed by atoms with van der Waals surface area (Å²) in [5.74, 6) is 0.0333. The van der Waals surface area contributed by atoms with E-state index in [4.69, 9.17) is 14.5 Å². The topological polar surface area (TPSA) is 147 Å². The number of benzene rings is 1. The molecular weight excluding hydrogens is 955 g/mol. The molecule has 1 aliphatic rings. The van der Waals surface area contributed by atoms with Crippen LogP contribution < -0.4 is 0 Å². The first-order valence-corrected chi connectivity index (χ1v) is 29.4. The predicted molar refractivity (Wildman–Crippen MR) is 292 cm³/mol. The van der Waals surface area contributed by atoms with E-state index in [9.17, 15) is 28.8 Å². The summed E-state index contributed by atoms with van der Waals surface area (Å²) in [7, 11) is 14.1. The summed E-state index contributed by atoms with van der Waals surface area (Å²) in [6.45, 7) is 17.4. The molecule has 400 valence electrons. The van der Waals surface area contributed by atoms with E-state index in [2.05, 4.69) is 18.7 Å². The Morgan fingerprint density at radius 2 is 1.51 bits per heavy atom. The van der Waals surface area contributed by atoms with Gasteiger partial charge >= 0.3 is 0 Å². The molecule has 3 rings (SSSR count). The predicted octanol–water partition coefficient (Wildman–Crippen LogP) is 9.97. The fourth-order valence-electron chi connectivity index (χ4n) is 9.57. The molecule has 13 nitrogen and oxygen atoms in total. The molecule has 2 aromatic rings. The lowest BCUT2D eigenvalue weighted by atomic mass is 9.82. The maximum atomic E-state index is 14.5. The van der Waals surface area contributed by atoms with Crippen molar-refractivity contribution in [2.24, 2.45) is 35.5 Å². The lowest BCUT2D eigenvalue weighted by molar-refractivity contribution is -0.149. The minimum absolute atomic E-state index is 0.00291. The monoisotopic (exact) mass is 1040 g/mol. The minimum Gasteiger partial charge on any atom is -0.379 e. The van der Waals surface area contributed by atoms with Crippen molar-refractivity contribution in [1.82, 2.24) is 24.6 Å². The number of nitrogens with zero attached hydrogens (tertiary/aromatic N) is 5. The van der Waals surface area contributed by atoms with E-state index in [1.54, 1.807) is 52.7 Å². The van der Waals surface area contributed by atoms with Gasteiger partial charge in [-0.15, -0.1) is 11.3 Å². The summed E-state index contributed by atoms with van der Waals surface area (Å²) in [6, 6.07) is 9.26. The van der Waals surface area contributed by atoms with Crippen LogP contribution in [0, 0.1) is 35.5 Å². The number of hydrogen-bond donors (Lipinski definition) is 0. The highest BCUT2D eigenvalue weighted by atomic mass is 33.1. The van der Waals surface area contributed by atoms with Gasteiger partial charge in [0.2, 0.25) is 17.7 Å². The quantitative estimate of drug-likeness (QED) is 0.0285. The van der Waals surface area contributed by atoms with Gasteiger partial charge in [-0.25, -0.2) is 4.98 Å². The number of amides is 3. The zero-order valence-electron chi connectivity index (χ0n) is 45.6.